The fraction of sp³-hybridized carbons (Fsp3) is 0.421. The SMILES string of the molecule is [B]c1cc(C=O)c(C)c2c1CN(C=O)CC[C@]21C=CC(=O)C[C@@H]1C. The molecule has 2 atom stereocenters. The molecule has 0 N–H and O–H groups in total. The van der Waals surface area contributed by atoms with Gasteiger partial charge in [-0.15, -0.1) is 0 Å². The van der Waals surface area contributed by atoms with Crippen molar-refractivity contribution < 1.29 is 14.4 Å². The van der Waals surface area contributed by atoms with Crippen molar-refractivity contribution >= 4 is 31.8 Å². The molecular formula is C19H20BNO3. The maximum absolute atomic E-state index is 11.9. The molecule has 0 bridgehead atoms. The van der Waals surface area contributed by atoms with E-state index in [2.05, 4.69) is 6.92 Å². The zero-order valence-corrected chi connectivity index (χ0v) is 14.0. The molecule has 1 aromatic carbocycles. The number of carbonyl (C=O) groups is 3. The van der Waals surface area contributed by atoms with E-state index >= 15 is 0 Å². The van der Waals surface area contributed by atoms with Crippen LogP contribution in [0.4, 0.5) is 0 Å². The highest BCUT2D eigenvalue weighted by Gasteiger charge is 2.43. The molecule has 0 unspecified atom stereocenters. The van der Waals surface area contributed by atoms with Crippen LogP contribution in [0.1, 0.15) is 46.8 Å². The zero-order chi connectivity index (χ0) is 17.5. The van der Waals surface area contributed by atoms with Crippen molar-refractivity contribution in [2.24, 2.45) is 5.92 Å². The number of aldehydes is 1. The van der Waals surface area contributed by atoms with Crippen LogP contribution in [0.3, 0.4) is 0 Å². The average molecular weight is 321 g/mol. The highest BCUT2D eigenvalue weighted by molar-refractivity contribution is 6.34. The summed E-state index contributed by atoms with van der Waals surface area (Å²) in [4.78, 5) is 36.5. The Balaban J connectivity index is 2.33. The molecule has 122 valence electrons. The molecule has 0 aromatic heterocycles. The summed E-state index contributed by atoms with van der Waals surface area (Å²) in [5, 5.41) is 0. The Kier molecular flexibility index (Phi) is 4.20. The second kappa shape index (κ2) is 6.04. The predicted molar refractivity (Wildman–Crippen MR) is 92.7 cm³/mol. The number of hydrogen-bond acceptors (Lipinski definition) is 3. The van der Waals surface area contributed by atoms with Crippen LogP contribution in [-0.2, 0) is 21.5 Å². The molecule has 2 radical (unpaired) electrons. The van der Waals surface area contributed by atoms with E-state index in [1.54, 1.807) is 17.0 Å². The van der Waals surface area contributed by atoms with Gasteiger partial charge in [0.05, 0.1) is 0 Å². The number of benzene rings is 1. The van der Waals surface area contributed by atoms with Crippen LogP contribution in [0, 0.1) is 12.8 Å². The molecule has 0 saturated heterocycles. The van der Waals surface area contributed by atoms with Crippen molar-refractivity contribution in [3.05, 3.63) is 40.5 Å². The summed E-state index contributed by atoms with van der Waals surface area (Å²) in [6.45, 7) is 5.01. The molecule has 2 aliphatic rings. The van der Waals surface area contributed by atoms with Crippen LogP contribution in [-0.4, -0.2) is 37.8 Å². The fourth-order valence-corrected chi connectivity index (χ4v) is 4.24. The van der Waals surface area contributed by atoms with E-state index in [1.165, 1.54) is 0 Å². The van der Waals surface area contributed by atoms with Crippen molar-refractivity contribution in [1.29, 1.82) is 0 Å². The molecule has 24 heavy (non-hydrogen) atoms. The highest BCUT2D eigenvalue weighted by atomic mass is 16.1. The number of carbonyl (C=O) groups excluding carboxylic acids is 3. The Hall–Kier alpha value is -2.17. The lowest BCUT2D eigenvalue weighted by atomic mass is 9.61. The van der Waals surface area contributed by atoms with Crippen LogP contribution in [0.2, 0.25) is 0 Å². The number of ketones is 1. The quantitative estimate of drug-likeness (QED) is 0.611. The minimum Gasteiger partial charge on any atom is -0.341 e. The summed E-state index contributed by atoms with van der Waals surface area (Å²) in [7, 11) is 6.24. The first-order valence-corrected chi connectivity index (χ1v) is 8.22. The van der Waals surface area contributed by atoms with Gasteiger partial charge in [-0.05, 0) is 42.0 Å². The van der Waals surface area contributed by atoms with Crippen LogP contribution in [0.5, 0.6) is 0 Å². The Morgan fingerprint density at radius 1 is 1.38 bits per heavy atom. The first kappa shape index (κ1) is 16.7. The third kappa shape index (κ3) is 2.43. The lowest BCUT2D eigenvalue weighted by molar-refractivity contribution is -0.119. The lowest BCUT2D eigenvalue weighted by Crippen LogP contribution is -2.39. The van der Waals surface area contributed by atoms with E-state index < -0.39 is 0 Å². The van der Waals surface area contributed by atoms with Crippen molar-refractivity contribution in [2.45, 2.75) is 38.6 Å². The van der Waals surface area contributed by atoms with Gasteiger partial charge in [0.1, 0.15) is 14.1 Å². The second-order valence-corrected chi connectivity index (χ2v) is 6.92. The number of fused-ring (bicyclic) bond motifs is 2. The monoisotopic (exact) mass is 321 g/mol. The van der Waals surface area contributed by atoms with Crippen molar-refractivity contribution in [3.8, 4) is 0 Å². The van der Waals surface area contributed by atoms with E-state index in [4.69, 9.17) is 7.85 Å². The molecule has 1 amide bonds. The molecule has 5 heteroatoms. The summed E-state index contributed by atoms with van der Waals surface area (Å²) in [6, 6.07) is 1.69. The van der Waals surface area contributed by atoms with Gasteiger partial charge in [0.2, 0.25) is 6.41 Å². The summed E-state index contributed by atoms with van der Waals surface area (Å²) in [6.07, 6.45) is 6.45. The van der Waals surface area contributed by atoms with Gasteiger partial charge in [0.25, 0.3) is 0 Å². The van der Waals surface area contributed by atoms with Crippen LogP contribution >= 0.6 is 0 Å². The van der Waals surface area contributed by atoms with Gasteiger partial charge in [0, 0.05) is 30.5 Å². The van der Waals surface area contributed by atoms with E-state index in [0.717, 1.165) is 29.4 Å². The smallest absolute Gasteiger partial charge is 0.210 e. The predicted octanol–water partition coefficient (Wildman–Crippen LogP) is 1.37. The van der Waals surface area contributed by atoms with E-state index in [9.17, 15) is 14.4 Å². The van der Waals surface area contributed by atoms with Crippen molar-refractivity contribution in [2.75, 3.05) is 6.54 Å². The van der Waals surface area contributed by atoms with E-state index in [1.807, 2.05) is 13.0 Å². The van der Waals surface area contributed by atoms with Gasteiger partial charge in [-0.2, -0.15) is 0 Å². The first-order valence-electron chi connectivity index (χ1n) is 8.22. The average Bonchev–Trinajstić information content (AvgIpc) is 2.73. The molecule has 4 nitrogen and oxygen atoms in total. The van der Waals surface area contributed by atoms with Crippen molar-refractivity contribution in [1.82, 2.24) is 4.90 Å². The van der Waals surface area contributed by atoms with Gasteiger partial charge < -0.3 is 4.90 Å². The molecule has 1 aromatic rings. The Labute approximate surface area is 143 Å². The Morgan fingerprint density at radius 3 is 2.75 bits per heavy atom. The molecule has 0 saturated carbocycles. The Morgan fingerprint density at radius 2 is 2.12 bits per heavy atom. The van der Waals surface area contributed by atoms with Gasteiger partial charge in [-0.25, -0.2) is 0 Å². The molecule has 1 aliphatic heterocycles. The van der Waals surface area contributed by atoms with Gasteiger partial charge in [-0.1, -0.05) is 24.5 Å². The first-order chi connectivity index (χ1) is 11.4. The van der Waals surface area contributed by atoms with Gasteiger partial charge in [-0.3, -0.25) is 14.4 Å². The van der Waals surface area contributed by atoms with Crippen LogP contribution in [0.25, 0.3) is 0 Å². The van der Waals surface area contributed by atoms with Gasteiger partial charge >= 0.3 is 0 Å². The summed E-state index contributed by atoms with van der Waals surface area (Å²) < 4.78 is 0. The zero-order valence-electron chi connectivity index (χ0n) is 14.0. The number of nitrogens with zero attached hydrogens (tertiary/aromatic N) is 1. The van der Waals surface area contributed by atoms with Gasteiger partial charge in [0.15, 0.2) is 5.78 Å². The summed E-state index contributed by atoms with van der Waals surface area (Å²) in [5.41, 5.74) is 3.54. The second-order valence-electron chi connectivity index (χ2n) is 6.92. The summed E-state index contributed by atoms with van der Waals surface area (Å²) in [5.74, 6) is 0.198. The molecule has 1 spiro atoms. The standard InChI is InChI=1S/C19H20BNO3/c1-12-7-15(24)3-4-19(12)5-6-21(11-23)9-16-17(20)8-14(10-22)13(2)18(16)19/h3-4,8,10-12H,5-7,9H2,1-2H3/t12-,19-/m0/s1. The molecular weight excluding hydrogens is 301 g/mol. The lowest BCUT2D eigenvalue weighted by Gasteiger charge is -2.41. The minimum absolute atomic E-state index is 0.0837. The van der Waals surface area contributed by atoms with E-state index in [0.29, 0.717) is 37.0 Å². The van der Waals surface area contributed by atoms with Crippen LogP contribution in [0.15, 0.2) is 18.2 Å². The number of rotatable bonds is 2. The largest absolute Gasteiger partial charge is 0.341 e. The number of amides is 1. The normalized spacial score (nSPS) is 26.2. The fourth-order valence-electron chi connectivity index (χ4n) is 4.24. The maximum atomic E-state index is 11.9. The molecule has 1 aliphatic carbocycles. The van der Waals surface area contributed by atoms with Crippen molar-refractivity contribution in [3.63, 3.8) is 0 Å². The maximum Gasteiger partial charge on any atom is 0.210 e. The highest BCUT2D eigenvalue weighted by Crippen LogP contribution is 2.46. The third-order valence-electron chi connectivity index (χ3n) is 5.64. The minimum atomic E-state index is -0.377. The molecule has 3 rings (SSSR count). The molecule has 0 fully saturated rings. The molecule has 1 heterocycles. The summed E-state index contributed by atoms with van der Waals surface area (Å²) >= 11 is 0. The van der Waals surface area contributed by atoms with Crippen LogP contribution < -0.4 is 5.46 Å². The number of allylic oxidation sites excluding steroid dienone is 2. The topological polar surface area (TPSA) is 54.5 Å². The Bertz CT molecular complexity index is 755. The third-order valence-corrected chi connectivity index (χ3v) is 5.64. The number of hydrogen-bond donors (Lipinski definition) is 0. The van der Waals surface area contributed by atoms with E-state index in [-0.39, 0.29) is 17.1 Å².